The summed E-state index contributed by atoms with van der Waals surface area (Å²) in [5.41, 5.74) is -0.791. The van der Waals surface area contributed by atoms with Gasteiger partial charge in [0.2, 0.25) is 0 Å². The molecule has 0 aliphatic rings. The molecule has 0 saturated carbocycles. The van der Waals surface area contributed by atoms with E-state index in [4.69, 9.17) is 4.42 Å². The Morgan fingerprint density at radius 1 is 1.10 bits per heavy atom. The topological polar surface area (TPSA) is 86.3 Å². The summed E-state index contributed by atoms with van der Waals surface area (Å²) in [4.78, 5) is 12.3. The monoisotopic (exact) mass is 398 g/mol. The predicted molar refractivity (Wildman–Crippen MR) is 99.5 cm³/mol. The number of carbonyl (C=O) groups is 1. The van der Waals surface area contributed by atoms with Gasteiger partial charge >= 0.3 is 6.18 Å². The molecule has 5 nitrogen and oxygen atoms in total. The number of hydrogen-bond donors (Lipinski definition) is 2. The van der Waals surface area contributed by atoms with Crippen molar-refractivity contribution in [3.8, 4) is 23.1 Å². The molecule has 0 atom stereocenters. The van der Waals surface area contributed by atoms with Crippen LogP contribution in [0.5, 0.6) is 5.75 Å². The van der Waals surface area contributed by atoms with Gasteiger partial charge in [-0.05, 0) is 36.4 Å². The lowest BCUT2D eigenvalue weighted by atomic mass is 10.1. The summed E-state index contributed by atoms with van der Waals surface area (Å²) in [6, 6.07) is 15.2. The van der Waals surface area contributed by atoms with Crippen molar-refractivity contribution in [3.63, 3.8) is 0 Å². The molecule has 3 rings (SSSR count). The first-order chi connectivity index (χ1) is 13.8. The number of nitrogens with one attached hydrogen (secondary N) is 1. The average Bonchev–Trinajstić information content (AvgIpc) is 3.16. The predicted octanol–water partition coefficient (Wildman–Crippen LogP) is 5.22. The maximum absolute atomic E-state index is 12.9. The van der Waals surface area contributed by atoms with Crippen LogP contribution in [-0.2, 0) is 11.0 Å². The molecule has 0 aliphatic heterocycles. The van der Waals surface area contributed by atoms with E-state index in [1.807, 2.05) is 0 Å². The van der Waals surface area contributed by atoms with E-state index >= 15 is 0 Å². The van der Waals surface area contributed by atoms with E-state index in [9.17, 15) is 28.3 Å². The zero-order valence-corrected chi connectivity index (χ0v) is 14.7. The molecule has 1 amide bonds. The SMILES string of the molecule is N#CC(=Cc1ccc(-c2cccc(C(F)(F)F)c2)o1)C(=O)Nc1ccccc1O. The van der Waals surface area contributed by atoms with Gasteiger partial charge in [-0.25, -0.2) is 0 Å². The van der Waals surface area contributed by atoms with Gasteiger partial charge < -0.3 is 14.8 Å². The molecule has 146 valence electrons. The second-order valence-corrected chi connectivity index (χ2v) is 5.92. The Balaban J connectivity index is 1.84. The van der Waals surface area contributed by atoms with Crippen LogP contribution in [0.25, 0.3) is 17.4 Å². The van der Waals surface area contributed by atoms with Crippen LogP contribution < -0.4 is 5.32 Å². The van der Waals surface area contributed by atoms with Crippen molar-refractivity contribution in [2.45, 2.75) is 6.18 Å². The molecule has 0 spiro atoms. The summed E-state index contributed by atoms with van der Waals surface area (Å²) < 4.78 is 44.1. The number of hydrogen-bond acceptors (Lipinski definition) is 4. The number of alkyl halides is 3. The molecule has 0 fully saturated rings. The molecule has 3 aromatic rings. The van der Waals surface area contributed by atoms with Crippen molar-refractivity contribution in [2.75, 3.05) is 5.32 Å². The number of rotatable bonds is 4. The van der Waals surface area contributed by atoms with Crippen molar-refractivity contribution < 1.29 is 27.5 Å². The van der Waals surface area contributed by atoms with Crippen LogP contribution in [0.2, 0.25) is 0 Å². The van der Waals surface area contributed by atoms with Crippen LogP contribution in [0.3, 0.4) is 0 Å². The maximum Gasteiger partial charge on any atom is 0.416 e. The summed E-state index contributed by atoms with van der Waals surface area (Å²) in [5.74, 6) is -0.670. The second-order valence-electron chi connectivity index (χ2n) is 5.92. The fourth-order valence-corrected chi connectivity index (χ4v) is 2.49. The minimum absolute atomic E-state index is 0.112. The molecule has 0 bridgehead atoms. The smallest absolute Gasteiger partial charge is 0.416 e. The number of amides is 1. The van der Waals surface area contributed by atoms with Gasteiger partial charge in [0.15, 0.2) is 0 Å². The van der Waals surface area contributed by atoms with Crippen LogP contribution >= 0.6 is 0 Å². The highest BCUT2D eigenvalue weighted by Gasteiger charge is 2.30. The Bertz CT molecular complexity index is 1120. The van der Waals surface area contributed by atoms with Crippen LogP contribution in [-0.4, -0.2) is 11.0 Å². The Morgan fingerprint density at radius 3 is 2.55 bits per heavy atom. The van der Waals surface area contributed by atoms with E-state index in [2.05, 4.69) is 5.32 Å². The van der Waals surface area contributed by atoms with Gasteiger partial charge in [0.25, 0.3) is 5.91 Å². The Kier molecular flexibility index (Phi) is 5.41. The molecule has 2 aromatic carbocycles. The third kappa shape index (κ3) is 4.65. The first-order valence-electron chi connectivity index (χ1n) is 8.26. The number of anilines is 1. The third-order valence-corrected chi connectivity index (χ3v) is 3.91. The van der Waals surface area contributed by atoms with E-state index in [-0.39, 0.29) is 34.1 Å². The lowest BCUT2D eigenvalue weighted by Gasteiger charge is -2.07. The summed E-state index contributed by atoms with van der Waals surface area (Å²) in [5, 5.41) is 21.3. The maximum atomic E-state index is 12.9. The number of furan rings is 1. The number of phenolic OH excluding ortho intramolecular Hbond substituents is 1. The van der Waals surface area contributed by atoms with Crippen LogP contribution in [0.15, 0.2) is 70.7 Å². The number of nitriles is 1. The lowest BCUT2D eigenvalue weighted by molar-refractivity contribution is -0.137. The van der Waals surface area contributed by atoms with Gasteiger partial charge in [-0.15, -0.1) is 0 Å². The van der Waals surface area contributed by atoms with Gasteiger partial charge in [-0.2, -0.15) is 18.4 Å². The van der Waals surface area contributed by atoms with E-state index in [1.165, 1.54) is 36.4 Å². The molecule has 0 aliphatic carbocycles. The number of benzene rings is 2. The van der Waals surface area contributed by atoms with Gasteiger partial charge in [-0.3, -0.25) is 4.79 Å². The molecular weight excluding hydrogens is 385 g/mol. The minimum atomic E-state index is -4.49. The van der Waals surface area contributed by atoms with Gasteiger partial charge in [0.05, 0.1) is 11.3 Å². The number of halogens is 3. The molecule has 2 N–H and O–H groups in total. The standard InChI is InChI=1S/C21H13F3N2O3/c22-21(23,24)15-5-3-4-13(10-15)19-9-8-16(29-19)11-14(12-25)20(28)26-17-6-1-2-7-18(17)27/h1-11,27H,(H,26,28). The van der Waals surface area contributed by atoms with Gasteiger partial charge in [0, 0.05) is 11.6 Å². The summed E-state index contributed by atoms with van der Waals surface area (Å²) in [7, 11) is 0. The molecule has 1 aromatic heterocycles. The first-order valence-corrected chi connectivity index (χ1v) is 8.26. The summed E-state index contributed by atoms with van der Waals surface area (Å²) >= 11 is 0. The van der Waals surface area contributed by atoms with Crippen molar-refractivity contribution in [1.29, 1.82) is 5.26 Å². The highest BCUT2D eigenvalue weighted by atomic mass is 19.4. The highest BCUT2D eigenvalue weighted by molar-refractivity contribution is 6.10. The average molecular weight is 398 g/mol. The largest absolute Gasteiger partial charge is 0.506 e. The highest BCUT2D eigenvalue weighted by Crippen LogP contribution is 2.33. The van der Waals surface area contributed by atoms with Crippen molar-refractivity contribution >= 4 is 17.7 Å². The number of aromatic hydroxyl groups is 1. The fourth-order valence-electron chi connectivity index (χ4n) is 2.49. The Labute approximate surface area is 163 Å². The molecule has 0 radical (unpaired) electrons. The first kappa shape index (κ1) is 19.8. The quantitative estimate of drug-likeness (QED) is 0.359. The normalized spacial score (nSPS) is 11.7. The summed E-state index contributed by atoms with van der Waals surface area (Å²) in [6.45, 7) is 0. The molecule has 29 heavy (non-hydrogen) atoms. The van der Waals surface area contributed by atoms with Crippen LogP contribution in [0.1, 0.15) is 11.3 Å². The number of para-hydroxylation sites is 2. The van der Waals surface area contributed by atoms with Crippen molar-refractivity contribution in [2.24, 2.45) is 0 Å². The zero-order chi connectivity index (χ0) is 21.0. The van der Waals surface area contributed by atoms with E-state index < -0.39 is 17.6 Å². The van der Waals surface area contributed by atoms with Gasteiger partial charge in [0.1, 0.15) is 28.9 Å². The van der Waals surface area contributed by atoms with Crippen LogP contribution in [0, 0.1) is 11.3 Å². The van der Waals surface area contributed by atoms with E-state index in [0.29, 0.717) is 0 Å². The Hall–Kier alpha value is -3.99. The van der Waals surface area contributed by atoms with E-state index in [0.717, 1.165) is 18.2 Å². The molecule has 0 unspecified atom stereocenters. The molecular formula is C21H13F3N2O3. The van der Waals surface area contributed by atoms with Crippen LogP contribution in [0.4, 0.5) is 18.9 Å². The minimum Gasteiger partial charge on any atom is -0.506 e. The molecule has 0 saturated heterocycles. The van der Waals surface area contributed by atoms with Crippen molar-refractivity contribution in [3.05, 3.63) is 77.6 Å². The fraction of sp³-hybridized carbons (Fsp3) is 0.0476. The molecule has 1 heterocycles. The second kappa shape index (κ2) is 7.94. The Morgan fingerprint density at radius 2 is 1.86 bits per heavy atom. The lowest BCUT2D eigenvalue weighted by Crippen LogP contribution is -2.13. The number of phenols is 1. The zero-order valence-electron chi connectivity index (χ0n) is 14.7. The molecule has 8 heteroatoms. The van der Waals surface area contributed by atoms with Crippen molar-refractivity contribution in [1.82, 2.24) is 0 Å². The number of nitrogens with zero attached hydrogens (tertiary/aromatic N) is 1. The summed E-state index contributed by atoms with van der Waals surface area (Å²) in [6.07, 6.45) is -3.33. The van der Waals surface area contributed by atoms with E-state index in [1.54, 1.807) is 18.2 Å². The number of carbonyl (C=O) groups excluding carboxylic acids is 1. The third-order valence-electron chi connectivity index (χ3n) is 3.91. The van der Waals surface area contributed by atoms with Gasteiger partial charge in [-0.1, -0.05) is 24.3 Å².